The van der Waals surface area contributed by atoms with Gasteiger partial charge in [0, 0.05) is 50.0 Å². The Hall–Kier alpha value is -8.40. The fraction of sp³-hybridized carbons (Fsp3) is 0. The first kappa shape index (κ1) is 36.5. The summed E-state index contributed by atoms with van der Waals surface area (Å²) in [6.07, 6.45) is 0. The van der Waals surface area contributed by atoms with Crippen molar-refractivity contribution in [3.05, 3.63) is 249 Å². The normalized spacial score (nSPS) is 11.5. The quantitative estimate of drug-likeness (QED) is 0.149. The second-order valence-corrected chi connectivity index (χ2v) is 16.2. The lowest BCUT2D eigenvalue weighted by molar-refractivity contribution is 1.18. The van der Waals surface area contributed by atoms with E-state index in [1.807, 2.05) is 0 Å². The van der Waals surface area contributed by atoms with Crippen LogP contribution in [0.15, 0.2) is 249 Å². The average molecular weight is 804 g/mol. The van der Waals surface area contributed by atoms with Gasteiger partial charge in [-0.3, -0.25) is 0 Å². The van der Waals surface area contributed by atoms with Gasteiger partial charge in [0.15, 0.2) is 0 Å². The summed E-state index contributed by atoms with van der Waals surface area (Å²) in [4.78, 5) is 2.34. The lowest BCUT2D eigenvalue weighted by atomic mass is 9.99. The number of aromatic nitrogens is 2. The van der Waals surface area contributed by atoms with Gasteiger partial charge < -0.3 is 14.0 Å². The van der Waals surface area contributed by atoms with E-state index in [2.05, 4.69) is 263 Å². The highest BCUT2D eigenvalue weighted by Gasteiger charge is 2.18. The minimum atomic E-state index is 1.10. The Bertz CT molecular complexity index is 3590. The van der Waals surface area contributed by atoms with E-state index < -0.39 is 0 Å². The Morgan fingerprint density at radius 1 is 0.222 bits per heavy atom. The molecular formula is C60H41N3. The summed E-state index contributed by atoms with van der Waals surface area (Å²) in [5, 5.41) is 4.95. The molecule has 3 nitrogen and oxygen atoms in total. The molecule has 0 aliphatic heterocycles. The van der Waals surface area contributed by atoms with Crippen LogP contribution in [-0.4, -0.2) is 9.13 Å². The standard InChI is InChI=1S/C60H41N3/c1-5-16-42(17-6-1)44-18-15-25-52(38-44)61(48-19-7-2-8-20-48)51-33-28-43(29-34-51)45-30-35-59-55(39-45)56-41-47(32-37-60(56)63(59)50-23-11-4-12-24-50)46-31-36-58-54(40-46)53-26-13-14-27-57(53)62(58)49-21-9-3-10-22-49/h1-41H. The van der Waals surface area contributed by atoms with Crippen molar-refractivity contribution in [3.8, 4) is 44.8 Å². The van der Waals surface area contributed by atoms with Crippen molar-refractivity contribution in [2.24, 2.45) is 0 Å². The van der Waals surface area contributed by atoms with Gasteiger partial charge in [-0.15, -0.1) is 0 Å². The fourth-order valence-electron chi connectivity index (χ4n) is 9.53. The molecule has 2 aromatic heterocycles. The smallest absolute Gasteiger partial charge is 0.0541 e. The van der Waals surface area contributed by atoms with Crippen molar-refractivity contribution >= 4 is 60.7 Å². The molecule has 0 aliphatic carbocycles. The first-order chi connectivity index (χ1) is 31.2. The first-order valence-electron chi connectivity index (χ1n) is 21.6. The molecule has 0 aliphatic rings. The van der Waals surface area contributed by atoms with Crippen LogP contribution in [0.2, 0.25) is 0 Å². The minimum absolute atomic E-state index is 1.10. The number of para-hydroxylation sites is 4. The lowest BCUT2D eigenvalue weighted by Crippen LogP contribution is -2.09. The van der Waals surface area contributed by atoms with Gasteiger partial charge in [0.2, 0.25) is 0 Å². The maximum Gasteiger partial charge on any atom is 0.0541 e. The molecule has 0 spiro atoms. The molecule has 12 aromatic rings. The average Bonchev–Trinajstić information content (AvgIpc) is 3.87. The predicted octanol–water partition coefficient (Wildman–Crippen LogP) is 16.4. The molecule has 0 bridgehead atoms. The largest absolute Gasteiger partial charge is 0.310 e. The molecule has 10 aromatic carbocycles. The van der Waals surface area contributed by atoms with Crippen LogP contribution in [0.25, 0.3) is 88.4 Å². The third-order valence-electron chi connectivity index (χ3n) is 12.5. The molecule has 2 heterocycles. The van der Waals surface area contributed by atoms with Gasteiger partial charge in [-0.05, 0) is 137 Å². The highest BCUT2D eigenvalue weighted by Crippen LogP contribution is 2.41. The van der Waals surface area contributed by atoms with Crippen LogP contribution >= 0.6 is 0 Å². The monoisotopic (exact) mass is 803 g/mol. The van der Waals surface area contributed by atoms with Crippen molar-refractivity contribution in [1.29, 1.82) is 0 Å². The number of benzene rings is 10. The topological polar surface area (TPSA) is 13.1 Å². The van der Waals surface area contributed by atoms with Crippen molar-refractivity contribution in [3.63, 3.8) is 0 Å². The van der Waals surface area contributed by atoms with Gasteiger partial charge in [0.05, 0.1) is 22.1 Å². The van der Waals surface area contributed by atoms with Gasteiger partial charge in [-0.1, -0.05) is 146 Å². The SMILES string of the molecule is c1ccc(-c2cccc(N(c3ccccc3)c3ccc(-c4ccc5c(c4)c4cc(-c6ccc7c(c6)c6ccccc6n7-c6ccccc6)ccc4n5-c4ccccc4)cc3)c2)cc1. The summed E-state index contributed by atoms with van der Waals surface area (Å²) in [7, 11) is 0. The molecule has 0 radical (unpaired) electrons. The molecule has 0 unspecified atom stereocenters. The van der Waals surface area contributed by atoms with E-state index in [0.717, 1.165) is 22.7 Å². The van der Waals surface area contributed by atoms with Crippen LogP contribution in [0.4, 0.5) is 17.1 Å². The molecule has 0 atom stereocenters. The molecule has 0 N–H and O–H groups in total. The Balaban J connectivity index is 0.969. The third kappa shape index (κ3) is 6.38. The van der Waals surface area contributed by atoms with Crippen molar-refractivity contribution in [2.45, 2.75) is 0 Å². The molecule has 0 fully saturated rings. The molecule has 0 saturated carbocycles. The van der Waals surface area contributed by atoms with E-state index in [1.165, 1.54) is 82.7 Å². The van der Waals surface area contributed by atoms with Crippen LogP contribution in [-0.2, 0) is 0 Å². The van der Waals surface area contributed by atoms with Gasteiger partial charge >= 0.3 is 0 Å². The summed E-state index contributed by atoms with van der Waals surface area (Å²) in [6.45, 7) is 0. The molecule has 0 saturated heterocycles. The number of hydrogen-bond acceptors (Lipinski definition) is 1. The molecule has 63 heavy (non-hydrogen) atoms. The number of fused-ring (bicyclic) bond motifs is 6. The molecule has 296 valence electrons. The fourth-order valence-corrected chi connectivity index (χ4v) is 9.53. The maximum absolute atomic E-state index is 2.40. The molecule has 3 heteroatoms. The zero-order valence-electron chi connectivity index (χ0n) is 34.5. The number of anilines is 3. The summed E-state index contributed by atoms with van der Waals surface area (Å²) >= 11 is 0. The zero-order valence-corrected chi connectivity index (χ0v) is 34.5. The van der Waals surface area contributed by atoms with Gasteiger partial charge in [-0.25, -0.2) is 0 Å². The van der Waals surface area contributed by atoms with Crippen LogP contribution in [0, 0.1) is 0 Å². The zero-order chi connectivity index (χ0) is 41.7. The summed E-state index contributed by atoms with van der Waals surface area (Å²) in [6, 6.07) is 90.0. The Labute approximate surface area is 366 Å². The summed E-state index contributed by atoms with van der Waals surface area (Å²) in [5.41, 5.74) is 17.6. The van der Waals surface area contributed by atoms with E-state index in [1.54, 1.807) is 0 Å². The summed E-state index contributed by atoms with van der Waals surface area (Å²) < 4.78 is 4.78. The molecular weight excluding hydrogens is 763 g/mol. The second kappa shape index (κ2) is 15.3. The number of hydrogen-bond donors (Lipinski definition) is 0. The maximum atomic E-state index is 2.40. The Kier molecular flexibility index (Phi) is 8.83. The van der Waals surface area contributed by atoms with Gasteiger partial charge in [-0.2, -0.15) is 0 Å². The van der Waals surface area contributed by atoms with Gasteiger partial charge in [0.25, 0.3) is 0 Å². The number of nitrogens with zero attached hydrogens (tertiary/aromatic N) is 3. The minimum Gasteiger partial charge on any atom is -0.310 e. The highest BCUT2D eigenvalue weighted by molar-refractivity contribution is 6.13. The second-order valence-electron chi connectivity index (χ2n) is 16.2. The van der Waals surface area contributed by atoms with Crippen molar-refractivity contribution < 1.29 is 0 Å². The van der Waals surface area contributed by atoms with Gasteiger partial charge in [0.1, 0.15) is 0 Å². The Morgan fingerprint density at radius 3 is 1.16 bits per heavy atom. The van der Waals surface area contributed by atoms with Crippen molar-refractivity contribution in [1.82, 2.24) is 9.13 Å². The number of rotatable bonds is 8. The van der Waals surface area contributed by atoms with E-state index >= 15 is 0 Å². The molecule has 0 amide bonds. The van der Waals surface area contributed by atoms with E-state index in [4.69, 9.17) is 0 Å². The summed E-state index contributed by atoms with van der Waals surface area (Å²) in [5.74, 6) is 0. The van der Waals surface area contributed by atoms with E-state index in [-0.39, 0.29) is 0 Å². The lowest BCUT2D eigenvalue weighted by Gasteiger charge is -2.26. The van der Waals surface area contributed by atoms with Crippen LogP contribution in [0.1, 0.15) is 0 Å². The van der Waals surface area contributed by atoms with Crippen LogP contribution in [0.5, 0.6) is 0 Å². The van der Waals surface area contributed by atoms with E-state index in [0.29, 0.717) is 0 Å². The third-order valence-corrected chi connectivity index (χ3v) is 12.5. The highest BCUT2D eigenvalue weighted by atomic mass is 15.1. The first-order valence-corrected chi connectivity index (χ1v) is 21.6. The van der Waals surface area contributed by atoms with Crippen LogP contribution in [0.3, 0.4) is 0 Å². The van der Waals surface area contributed by atoms with E-state index in [9.17, 15) is 0 Å². The predicted molar refractivity (Wildman–Crippen MR) is 266 cm³/mol. The van der Waals surface area contributed by atoms with Crippen LogP contribution < -0.4 is 4.90 Å². The van der Waals surface area contributed by atoms with Crippen molar-refractivity contribution in [2.75, 3.05) is 4.90 Å². The molecule has 12 rings (SSSR count). The Morgan fingerprint density at radius 2 is 0.587 bits per heavy atom.